The average molecular weight is 243 g/mol. The van der Waals surface area contributed by atoms with Gasteiger partial charge in [-0.2, -0.15) is 16.9 Å². The van der Waals surface area contributed by atoms with E-state index in [2.05, 4.69) is 24.3 Å². The lowest BCUT2D eigenvalue weighted by Crippen LogP contribution is -2.36. The molecule has 16 heavy (non-hydrogen) atoms. The Balaban J connectivity index is 2.38. The molecule has 1 heterocycles. The van der Waals surface area contributed by atoms with Gasteiger partial charge in [-0.05, 0) is 20.1 Å². The van der Waals surface area contributed by atoms with Crippen molar-refractivity contribution >= 4 is 11.8 Å². The Kier molecular flexibility index (Phi) is 5.87. The molecule has 0 aromatic carbocycles. The average Bonchev–Trinajstić information content (AvgIpc) is 2.76. The van der Waals surface area contributed by atoms with Crippen LogP contribution >= 0.6 is 11.8 Å². The Labute approximate surface area is 101 Å². The van der Waals surface area contributed by atoms with Crippen molar-refractivity contribution in [3.63, 3.8) is 0 Å². The number of aliphatic hydroxyl groups is 1. The summed E-state index contributed by atoms with van der Waals surface area (Å²) < 4.78 is 1.92. The third-order valence-electron chi connectivity index (χ3n) is 2.68. The minimum atomic E-state index is 0.212. The SMILES string of the molecule is CCn1cc(CNC(C)C(CO)SC)cn1. The first-order chi connectivity index (χ1) is 7.71. The van der Waals surface area contributed by atoms with E-state index in [0.29, 0.717) is 6.04 Å². The van der Waals surface area contributed by atoms with Crippen LogP contribution in [0.5, 0.6) is 0 Å². The number of nitrogens with one attached hydrogen (secondary N) is 1. The Morgan fingerprint density at radius 2 is 2.38 bits per heavy atom. The van der Waals surface area contributed by atoms with Gasteiger partial charge >= 0.3 is 0 Å². The number of hydrogen-bond acceptors (Lipinski definition) is 4. The summed E-state index contributed by atoms with van der Waals surface area (Å²) in [4.78, 5) is 0. The highest BCUT2D eigenvalue weighted by Gasteiger charge is 2.14. The first-order valence-electron chi connectivity index (χ1n) is 5.59. The molecular formula is C11H21N3OS. The molecule has 92 valence electrons. The van der Waals surface area contributed by atoms with Gasteiger partial charge in [0.25, 0.3) is 0 Å². The number of nitrogens with zero attached hydrogens (tertiary/aromatic N) is 2. The molecule has 2 N–H and O–H groups in total. The zero-order valence-corrected chi connectivity index (χ0v) is 11.0. The van der Waals surface area contributed by atoms with Gasteiger partial charge in [-0.3, -0.25) is 4.68 Å². The van der Waals surface area contributed by atoms with Crippen molar-refractivity contribution < 1.29 is 5.11 Å². The van der Waals surface area contributed by atoms with Crippen molar-refractivity contribution in [3.05, 3.63) is 18.0 Å². The van der Waals surface area contributed by atoms with E-state index in [-0.39, 0.29) is 11.9 Å². The molecule has 0 bridgehead atoms. The second-order valence-electron chi connectivity index (χ2n) is 3.83. The maximum absolute atomic E-state index is 9.16. The van der Waals surface area contributed by atoms with Crippen LogP contribution in [0.1, 0.15) is 19.4 Å². The summed E-state index contributed by atoms with van der Waals surface area (Å²) in [6.07, 6.45) is 5.96. The predicted molar refractivity (Wildman–Crippen MR) is 68.6 cm³/mol. The number of aromatic nitrogens is 2. The molecule has 0 spiro atoms. The topological polar surface area (TPSA) is 50.1 Å². The van der Waals surface area contributed by atoms with E-state index >= 15 is 0 Å². The Hall–Kier alpha value is -0.520. The van der Waals surface area contributed by atoms with Crippen LogP contribution in [-0.2, 0) is 13.1 Å². The second-order valence-corrected chi connectivity index (χ2v) is 4.91. The molecule has 0 amide bonds. The van der Waals surface area contributed by atoms with Crippen molar-refractivity contribution in [2.24, 2.45) is 0 Å². The highest BCUT2D eigenvalue weighted by Crippen LogP contribution is 2.10. The van der Waals surface area contributed by atoms with E-state index in [1.165, 1.54) is 5.56 Å². The van der Waals surface area contributed by atoms with Crippen LogP contribution in [-0.4, -0.2) is 39.0 Å². The lowest BCUT2D eigenvalue weighted by Gasteiger charge is -2.20. The molecule has 0 aliphatic rings. The van der Waals surface area contributed by atoms with Gasteiger partial charge in [0.05, 0.1) is 12.8 Å². The zero-order chi connectivity index (χ0) is 12.0. The number of hydrogen-bond donors (Lipinski definition) is 2. The minimum absolute atomic E-state index is 0.212. The van der Waals surface area contributed by atoms with Crippen molar-refractivity contribution in [3.8, 4) is 0 Å². The third-order valence-corrected chi connectivity index (χ3v) is 3.84. The van der Waals surface area contributed by atoms with Gasteiger partial charge in [-0.25, -0.2) is 0 Å². The molecule has 4 nitrogen and oxygen atoms in total. The molecule has 0 aliphatic carbocycles. The van der Waals surface area contributed by atoms with Gasteiger partial charge in [0.1, 0.15) is 0 Å². The van der Waals surface area contributed by atoms with Gasteiger partial charge in [-0.1, -0.05) is 0 Å². The summed E-state index contributed by atoms with van der Waals surface area (Å²) in [6.45, 7) is 6.09. The van der Waals surface area contributed by atoms with Crippen molar-refractivity contribution in [2.45, 2.75) is 38.2 Å². The van der Waals surface area contributed by atoms with Crippen LogP contribution in [0.25, 0.3) is 0 Å². The van der Waals surface area contributed by atoms with Gasteiger partial charge in [0.2, 0.25) is 0 Å². The van der Waals surface area contributed by atoms with E-state index in [1.807, 2.05) is 23.3 Å². The first-order valence-corrected chi connectivity index (χ1v) is 6.88. The van der Waals surface area contributed by atoms with E-state index in [1.54, 1.807) is 11.8 Å². The van der Waals surface area contributed by atoms with Crippen LogP contribution in [0.3, 0.4) is 0 Å². The molecule has 0 radical (unpaired) electrons. The smallest absolute Gasteiger partial charge is 0.0564 e. The van der Waals surface area contributed by atoms with Crippen LogP contribution in [0.4, 0.5) is 0 Å². The molecule has 1 aromatic heterocycles. The van der Waals surface area contributed by atoms with E-state index in [4.69, 9.17) is 5.11 Å². The zero-order valence-electron chi connectivity index (χ0n) is 10.2. The first kappa shape index (κ1) is 13.5. The monoisotopic (exact) mass is 243 g/mol. The number of rotatable bonds is 7. The highest BCUT2D eigenvalue weighted by atomic mass is 32.2. The fourth-order valence-corrected chi connectivity index (χ4v) is 2.17. The van der Waals surface area contributed by atoms with Crippen LogP contribution in [0, 0.1) is 0 Å². The molecule has 0 saturated carbocycles. The molecular weight excluding hydrogens is 222 g/mol. The number of aryl methyl sites for hydroxylation is 1. The maximum Gasteiger partial charge on any atom is 0.0564 e. The summed E-state index contributed by atoms with van der Waals surface area (Å²) in [5, 5.41) is 17.0. The van der Waals surface area contributed by atoms with E-state index in [0.717, 1.165) is 13.1 Å². The number of thioether (sulfide) groups is 1. The summed E-state index contributed by atoms with van der Waals surface area (Å²) in [6, 6.07) is 0.296. The van der Waals surface area contributed by atoms with Gasteiger partial charge in [0, 0.05) is 36.1 Å². The summed E-state index contributed by atoms with van der Waals surface area (Å²) in [5.41, 5.74) is 1.19. The van der Waals surface area contributed by atoms with Crippen molar-refractivity contribution in [1.29, 1.82) is 0 Å². The molecule has 1 aromatic rings. The van der Waals surface area contributed by atoms with Crippen LogP contribution in [0.2, 0.25) is 0 Å². The molecule has 0 aliphatic heterocycles. The van der Waals surface area contributed by atoms with Gasteiger partial charge < -0.3 is 10.4 Å². The fourth-order valence-electron chi connectivity index (χ4n) is 1.52. The van der Waals surface area contributed by atoms with Crippen molar-refractivity contribution in [1.82, 2.24) is 15.1 Å². The number of aliphatic hydroxyl groups excluding tert-OH is 1. The largest absolute Gasteiger partial charge is 0.395 e. The van der Waals surface area contributed by atoms with E-state index in [9.17, 15) is 0 Å². The fraction of sp³-hybridized carbons (Fsp3) is 0.727. The lowest BCUT2D eigenvalue weighted by atomic mass is 10.2. The van der Waals surface area contributed by atoms with Crippen LogP contribution < -0.4 is 5.32 Å². The molecule has 2 atom stereocenters. The summed E-state index contributed by atoms with van der Waals surface area (Å²) >= 11 is 1.69. The maximum atomic E-state index is 9.16. The standard InChI is InChI=1S/C11H21N3OS/c1-4-14-7-10(6-13-14)5-12-9(2)11(8-15)16-3/h6-7,9,11-12,15H,4-5,8H2,1-3H3. The Morgan fingerprint density at radius 3 is 2.88 bits per heavy atom. The second kappa shape index (κ2) is 6.93. The van der Waals surface area contributed by atoms with Gasteiger partial charge in [0.15, 0.2) is 0 Å². The molecule has 0 saturated heterocycles. The molecule has 2 unspecified atom stereocenters. The highest BCUT2D eigenvalue weighted by molar-refractivity contribution is 7.99. The van der Waals surface area contributed by atoms with Crippen LogP contribution in [0.15, 0.2) is 12.4 Å². The minimum Gasteiger partial charge on any atom is -0.395 e. The van der Waals surface area contributed by atoms with Gasteiger partial charge in [-0.15, -0.1) is 0 Å². The molecule has 0 fully saturated rings. The lowest BCUT2D eigenvalue weighted by molar-refractivity contribution is 0.276. The Morgan fingerprint density at radius 1 is 1.62 bits per heavy atom. The van der Waals surface area contributed by atoms with E-state index < -0.39 is 0 Å². The van der Waals surface area contributed by atoms with Crippen molar-refractivity contribution in [2.75, 3.05) is 12.9 Å². The molecule has 1 rings (SSSR count). The summed E-state index contributed by atoms with van der Waals surface area (Å²) in [7, 11) is 0. The normalized spacial score (nSPS) is 15.0. The molecule has 5 heteroatoms. The third kappa shape index (κ3) is 3.81. The quantitative estimate of drug-likeness (QED) is 0.753. The predicted octanol–water partition coefficient (Wildman–Crippen LogP) is 1.11. The Bertz CT molecular complexity index is 299. The summed E-state index contributed by atoms with van der Waals surface area (Å²) in [5.74, 6) is 0.